The molecule has 162 valence electrons. The molecule has 1 aromatic rings. The molecular weight excluding hydrogens is 397 g/mol. The van der Waals surface area contributed by atoms with Crippen molar-refractivity contribution in [3.8, 4) is 5.88 Å². The second kappa shape index (κ2) is 9.88. The molecule has 0 aromatic carbocycles. The molecule has 0 bridgehead atoms. The van der Waals surface area contributed by atoms with Gasteiger partial charge in [-0.05, 0) is 31.9 Å². The smallest absolute Gasteiger partial charge is 0.480 e. The minimum Gasteiger partial charge on any atom is -0.480 e. The lowest BCUT2D eigenvalue weighted by Gasteiger charge is -2.39. The average Bonchev–Trinajstić information content (AvgIpc) is 3.10. The first kappa shape index (κ1) is 22.9. The van der Waals surface area contributed by atoms with E-state index in [1.54, 1.807) is 18.3 Å². The lowest BCUT2D eigenvalue weighted by atomic mass is 10.1. The van der Waals surface area contributed by atoms with E-state index in [-0.39, 0.29) is 24.2 Å². The number of nitrogens with zero attached hydrogens (tertiary/aromatic N) is 2. The highest BCUT2D eigenvalue weighted by Crippen LogP contribution is 2.33. The third-order valence-electron chi connectivity index (χ3n) is 4.61. The van der Waals surface area contributed by atoms with Gasteiger partial charge in [0.1, 0.15) is 11.7 Å². The number of rotatable bonds is 4. The molecule has 0 spiro atoms. The molecule has 1 amide bonds. The fourth-order valence-electron chi connectivity index (χ4n) is 3.43. The van der Waals surface area contributed by atoms with E-state index >= 15 is 0 Å². The van der Waals surface area contributed by atoms with Crippen LogP contribution in [0.15, 0.2) is 18.3 Å². The number of morpholine rings is 1. The topological polar surface area (TPSA) is 98.2 Å². The summed E-state index contributed by atoms with van der Waals surface area (Å²) in [6.45, 7) is 3.79. The summed E-state index contributed by atoms with van der Waals surface area (Å²) in [7, 11) is 1.53. The predicted molar refractivity (Wildman–Crippen MR) is 93.7 cm³/mol. The number of aliphatic carboxylic acids is 1. The number of carboxylic acids is 1. The number of amides is 1. The maximum absolute atomic E-state index is 12.9. The summed E-state index contributed by atoms with van der Waals surface area (Å²) >= 11 is 0. The second-order valence-electron chi connectivity index (χ2n) is 6.34. The van der Waals surface area contributed by atoms with Crippen LogP contribution in [0.4, 0.5) is 13.2 Å². The van der Waals surface area contributed by atoms with E-state index in [0.717, 1.165) is 12.8 Å². The van der Waals surface area contributed by atoms with Crippen molar-refractivity contribution in [2.45, 2.75) is 44.2 Å². The highest BCUT2D eigenvalue weighted by atomic mass is 19.4. The van der Waals surface area contributed by atoms with E-state index in [9.17, 15) is 18.0 Å². The first-order valence-electron chi connectivity index (χ1n) is 9.04. The normalized spacial score (nSPS) is 23.6. The molecule has 11 heteroatoms. The van der Waals surface area contributed by atoms with Gasteiger partial charge in [0.2, 0.25) is 5.88 Å². The summed E-state index contributed by atoms with van der Waals surface area (Å²) in [5.74, 6) is -2.43. The Morgan fingerprint density at radius 1 is 1.38 bits per heavy atom. The molecule has 3 rings (SSSR count). The number of pyridine rings is 1. The molecule has 1 N–H and O–H groups in total. The maximum atomic E-state index is 12.9. The average molecular weight is 420 g/mol. The third kappa shape index (κ3) is 5.57. The van der Waals surface area contributed by atoms with E-state index < -0.39 is 12.1 Å². The highest BCUT2D eigenvalue weighted by Gasteiger charge is 2.45. The summed E-state index contributed by atoms with van der Waals surface area (Å²) in [5.41, 5.74) is 0.505. The first-order chi connectivity index (χ1) is 13.7. The minimum absolute atomic E-state index is 0.0275. The Labute approximate surface area is 165 Å². The Kier molecular flexibility index (Phi) is 7.80. The third-order valence-corrected chi connectivity index (χ3v) is 4.61. The number of hydrogen-bond acceptors (Lipinski definition) is 6. The standard InChI is InChI=1S/C16H22N2O4.C2HF3O2/c1-3-21-13-7-6-12-14(13)22-10-9-18(12)16(19)11-5-4-8-17-15(11)20-2;3-2(4,5)1(6)7/h4-5,8,12-14H,3,6-7,9-10H2,1-2H3;(H,6,7)/t12-,13-,14+;/m0./s1. The van der Waals surface area contributed by atoms with Crippen LogP contribution >= 0.6 is 0 Å². The molecule has 1 aliphatic heterocycles. The van der Waals surface area contributed by atoms with Crippen LogP contribution in [0.3, 0.4) is 0 Å². The molecule has 1 saturated heterocycles. The number of aromatic nitrogens is 1. The number of ether oxygens (including phenoxy) is 3. The Morgan fingerprint density at radius 2 is 2.07 bits per heavy atom. The van der Waals surface area contributed by atoms with Crippen molar-refractivity contribution < 1.29 is 42.1 Å². The van der Waals surface area contributed by atoms with Gasteiger partial charge in [-0.15, -0.1) is 0 Å². The van der Waals surface area contributed by atoms with Crippen LogP contribution < -0.4 is 4.74 Å². The van der Waals surface area contributed by atoms with Gasteiger partial charge in [0, 0.05) is 19.3 Å². The van der Waals surface area contributed by atoms with Crippen molar-refractivity contribution in [3.05, 3.63) is 23.9 Å². The number of alkyl halides is 3. The van der Waals surface area contributed by atoms with Gasteiger partial charge in [0.05, 0.1) is 25.9 Å². The number of fused-ring (bicyclic) bond motifs is 1. The van der Waals surface area contributed by atoms with Crippen LogP contribution in [0.5, 0.6) is 5.88 Å². The van der Waals surface area contributed by atoms with Crippen molar-refractivity contribution in [1.82, 2.24) is 9.88 Å². The fraction of sp³-hybridized carbons (Fsp3) is 0.611. The van der Waals surface area contributed by atoms with Gasteiger partial charge in [-0.25, -0.2) is 9.78 Å². The number of carboxylic acid groups (broad SMARTS) is 1. The number of methoxy groups -OCH3 is 1. The van der Waals surface area contributed by atoms with E-state index in [1.165, 1.54) is 7.11 Å². The Morgan fingerprint density at radius 3 is 2.66 bits per heavy atom. The molecular formula is C18H23F3N2O6. The molecule has 2 fully saturated rings. The van der Waals surface area contributed by atoms with Gasteiger partial charge in [0.25, 0.3) is 5.91 Å². The summed E-state index contributed by atoms with van der Waals surface area (Å²) in [6.07, 6.45) is -1.57. The monoisotopic (exact) mass is 420 g/mol. The summed E-state index contributed by atoms with van der Waals surface area (Å²) in [6, 6.07) is 3.58. The summed E-state index contributed by atoms with van der Waals surface area (Å²) < 4.78 is 48.6. The lowest BCUT2D eigenvalue weighted by molar-refractivity contribution is -0.192. The number of hydrogen-bond donors (Lipinski definition) is 1. The van der Waals surface area contributed by atoms with E-state index in [0.29, 0.717) is 31.2 Å². The molecule has 1 aromatic heterocycles. The Hall–Kier alpha value is -2.40. The summed E-state index contributed by atoms with van der Waals surface area (Å²) in [5, 5.41) is 7.12. The molecule has 2 aliphatic rings. The van der Waals surface area contributed by atoms with Crippen LogP contribution in [-0.4, -0.2) is 78.2 Å². The quantitative estimate of drug-likeness (QED) is 0.797. The van der Waals surface area contributed by atoms with Crippen LogP contribution in [0.2, 0.25) is 0 Å². The first-order valence-corrected chi connectivity index (χ1v) is 9.04. The van der Waals surface area contributed by atoms with Gasteiger partial charge in [-0.1, -0.05) is 0 Å². The second-order valence-corrected chi connectivity index (χ2v) is 6.34. The molecule has 0 unspecified atom stereocenters. The highest BCUT2D eigenvalue weighted by molar-refractivity contribution is 5.96. The van der Waals surface area contributed by atoms with Crippen molar-refractivity contribution in [2.24, 2.45) is 0 Å². The van der Waals surface area contributed by atoms with Gasteiger partial charge in [0.15, 0.2) is 0 Å². The van der Waals surface area contributed by atoms with Crippen molar-refractivity contribution >= 4 is 11.9 Å². The van der Waals surface area contributed by atoms with Crippen molar-refractivity contribution in [1.29, 1.82) is 0 Å². The Balaban J connectivity index is 0.000000370. The number of carbonyl (C=O) groups excluding carboxylic acids is 1. The van der Waals surface area contributed by atoms with E-state index in [2.05, 4.69) is 4.98 Å². The van der Waals surface area contributed by atoms with Crippen LogP contribution in [0.25, 0.3) is 0 Å². The minimum atomic E-state index is -5.08. The Bertz CT molecular complexity index is 715. The van der Waals surface area contributed by atoms with Gasteiger partial charge >= 0.3 is 12.1 Å². The van der Waals surface area contributed by atoms with E-state index in [4.69, 9.17) is 24.1 Å². The van der Waals surface area contributed by atoms with Crippen molar-refractivity contribution in [3.63, 3.8) is 0 Å². The molecule has 0 radical (unpaired) electrons. The van der Waals surface area contributed by atoms with Gasteiger partial charge in [-0.3, -0.25) is 4.79 Å². The zero-order valence-electron chi connectivity index (χ0n) is 16.0. The molecule has 8 nitrogen and oxygen atoms in total. The maximum Gasteiger partial charge on any atom is 0.490 e. The largest absolute Gasteiger partial charge is 0.490 e. The number of carbonyl (C=O) groups is 2. The zero-order chi connectivity index (χ0) is 21.6. The zero-order valence-corrected chi connectivity index (χ0v) is 16.0. The van der Waals surface area contributed by atoms with Crippen LogP contribution in [0, 0.1) is 0 Å². The van der Waals surface area contributed by atoms with Crippen LogP contribution in [-0.2, 0) is 14.3 Å². The predicted octanol–water partition coefficient (Wildman–Crippen LogP) is 2.13. The molecule has 3 atom stereocenters. The van der Waals surface area contributed by atoms with Crippen LogP contribution in [0.1, 0.15) is 30.1 Å². The van der Waals surface area contributed by atoms with Crippen molar-refractivity contribution in [2.75, 3.05) is 26.9 Å². The lowest BCUT2D eigenvalue weighted by Crippen LogP contribution is -2.54. The van der Waals surface area contributed by atoms with Gasteiger partial charge in [-0.2, -0.15) is 13.2 Å². The number of halogens is 3. The van der Waals surface area contributed by atoms with Gasteiger partial charge < -0.3 is 24.2 Å². The SMILES string of the molecule is CCO[C@H]1CC[C@H]2[C@H]1OCCN2C(=O)c1cccnc1OC.O=C(O)C(F)(F)F. The molecule has 2 heterocycles. The summed E-state index contributed by atoms with van der Waals surface area (Å²) in [4.78, 5) is 27.8. The molecule has 29 heavy (non-hydrogen) atoms. The molecule has 1 aliphatic carbocycles. The molecule has 1 saturated carbocycles. The fourth-order valence-corrected chi connectivity index (χ4v) is 3.43. The van der Waals surface area contributed by atoms with E-state index in [1.807, 2.05) is 11.8 Å².